The van der Waals surface area contributed by atoms with Crippen molar-refractivity contribution < 1.29 is 9.53 Å². The maximum Gasteiger partial charge on any atom is 0.162 e. The van der Waals surface area contributed by atoms with E-state index < -0.39 is 0 Å². The van der Waals surface area contributed by atoms with Gasteiger partial charge in [0.2, 0.25) is 0 Å². The third-order valence-electron chi connectivity index (χ3n) is 2.07. The summed E-state index contributed by atoms with van der Waals surface area (Å²) in [6.45, 7) is 0. The number of carbonyl (C=O) groups excluding carboxylic acids is 1. The van der Waals surface area contributed by atoms with Crippen LogP contribution >= 0.6 is 0 Å². The lowest BCUT2D eigenvalue weighted by Crippen LogP contribution is -2.13. The van der Waals surface area contributed by atoms with E-state index in [0.29, 0.717) is 6.42 Å². The van der Waals surface area contributed by atoms with E-state index in [9.17, 15) is 4.79 Å². The van der Waals surface area contributed by atoms with Crippen LogP contribution in [0.15, 0.2) is 24.9 Å². The summed E-state index contributed by atoms with van der Waals surface area (Å²) in [5, 5.41) is 0. The van der Waals surface area contributed by atoms with Crippen LogP contribution in [0.1, 0.15) is 18.2 Å². The lowest BCUT2D eigenvalue weighted by atomic mass is 10.1. The molecule has 0 amide bonds. The van der Waals surface area contributed by atoms with Gasteiger partial charge >= 0.3 is 0 Å². The average Bonchev–Trinajstić information content (AvgIpc) is 2.51. The number of nitrogens with zero attached hydrogens (tertiary/aromatic N) is 2. The Bertz CT molecular complexity index is 354. The summed E-state index contributed by atoms with van der Waals surface area (Å²) in [5.41, 5.74) is 0.928. The fourth-order valence-electron chi connectivity index (χ4n) is 1.36. The second-order valence-electron chi connectivity index (χ2n) is 3.03. The Hall–Kier alpha value is -1.58. The van der Waals surface area contributed by atoms with Crippen molar-refractivity contribution in [2.75, 3.05) is 0 Å². The molecule has 13 heavy (non-hydrogen) atoms. The number of ether oxygens (including phenoxy) is 1. The molecule has 2 rings (SSSR count). The van der Waals surface area contributed by atoms with Gasteiger partial charge in [-0.1, -0.05) is 0 Å². The van der Waals surface area contributed by atoms with Crippen molar-refractivity contribution in [1.29, 1.82) is 0 Å². The lowest BCUT2D eigenvalue weighted by Gasteiger charge is -2.18. The molecule has 4 nitrogen and oxygen atoms in total. The second-order valence-corrected chi connectivity index (χ2v) is 3.03. The van der Waals surface area contributed by atoms with Gasteiger partial charge in [0.1, 0.15) is 6.10 Å². The van der Waals surface area contributed by atoms with Crippen molar-refractivity contribution in [2.24, 2.45) is 7.05 Å². The fraction of sp³-hybridized carbons (Fsp3) is 0.333. The molecule has 0 spiro atoms. The van der Waals surface area contributed by atoms with Crippen LogP contribution in [0.25, 0.3) is 0 Å². The van der Waals surface area contributed by atoms with Crippen molar-refractivity contribution >= 4 is 5.78 Å². The van der Waals surface area contributed by atoms with E-state index in [1.807, 2.05) is 11.6 Å². The molecular formula is C9H10N2O2. The normalized spacial score (nSPS) is 21.6. The van der Waals surface area contributed by atoms with Gasteiger partial charge in [0.15, 0.2) is 5.78 Å². The minimum absolute atomic E-state index is 0.0949. The third kappa shape index (κ3) is 1.47. The zero-order valence-corrected chi connectivity index (χ0v) is 7.30. The Kier molecular flexibility index (Phi) is 1.88. The number of hydrogen-bond acceptors (Lipinski definition) is 3. The van der Waals surface area contributed by atoms with Crippen LogP contribution in [0.2, 0.25) is 0 Å². The summed E-state index contributed by atoms with van der Waals surface area (Å²) >= 11 is 0. The lowest BCUT2D eigenvalue weighted by molar-refractivity contribution is -0.118. The molecule has 2 heterocycles. The first-order valence-corrected chi connectivity index (χ1v) is 4.08. The zero-order chi connectivity index (χ0) is 9.26. The van der Waals surface area contributed by atoms with Crippen molar-refractivity contribution in [1.82, 2.24) is 9.55 Å². The molecule has 0 radical (unpaired) electrons. The van der Waals surface area contributed by atoms with Crippen molar-refractivity contribution in [3.05, 3.63) is 30.6 Å². The molecule has 1 aliphatic rings. The predicted octanol–water partition coefficient (Wildman–Crippen LogP) is 0.964. The predicted molar refractivity (Wildman–Crippen MR) is 45.8 cm³/mol. The quantitative estimate of drug-likeness (QED) is 0.643. The minimum Gasteiger partial charge on any atom is -0.491 e. The maximum atomic E-state index is 11.1. The van der Waals surface area contributed by atoms with Crippen LogP contribution in [0.4, 0.5) is 0 Å². The number of allylic oxidation sites excluding steroid dienone is 1. The van der Waals surface area contributed by atoms with Gasteiger partial charge in [0.25, 0.3) is 0 Å². The summed E-state index contributed by atoms with van der Waals surface area (Å²) in [6.07, 6.45) is 6.54. The van der Waals surface area contributed by atoms with Crippen LogP contribution < -0.4 is 0 Å². The highest BCUT2D eigenvalue weighted by molar-refractivity contribution is 5.90. The smallest absolute Gasteiger partial charge is 0.162 e. The van der Waals surface area contributed by atoms with Gasteiger partial charge in [0.05, 0.1) is 30.9 Å². The van der Waals surface area contributed by atoms with Crippen LogP contribution in [-0.2, 0) is 16.6 Å². The number of carbonyl (C=O) groups is 1. The summed E-state index contributed by atoms with van der Waals surface area (Å²) in [6, 6.07) is 0. The monoisotopic (exact) mass is 178 g/mol. The highest BCUT2D eigenvalue weighted by Crippen LogP contribution is 2.23. The van der Waals surface area contributed by atoms with Gasteiger partial charge in [-0.15, -0.1) is 0 Å². The minimum atomic E-state index is -0.176. The molecule has 4 heteroatoms. The van der Waals surface area contributed by atoms with Gasteiger partial charge < -0.3 is 9.30 Å². The van der Waals surface area contributed by atoms with E-state index in [2.05, 4.69) is 4.98 Å². The van der Waals surface area contributed by atoms with E-state index >= 15 is 0 Å². The Labute approximate surface area is 75.8 Å². The van der Waals surface area contributed by atoms with Crippen LogP contribution in [0, 0.1) is 0 Å². The number of ketones is 1. The Balaban J connectivity index is 2.23. The molecule has 0 aromatic carbocycles. The third-order valence-corrected chi connectivity index (χ3v) is 2.07. The van der Waals surface area contributed by atoms with Crippen molar-refractivity contribution in [2.45, 2.75) is 12.5 Å². The summed E-state index contributed by atoms with van der Waals surface area (Å²) in [4.78, 5) is 15.1. The molecule has 0 fully saturated rings. The molecule has 1 aromatic rings. The van der Waals surface area contributed by atoms with E-state index in [-0.39, 0.29) is 11.9 Å². The van der Waals surface area contributed by atoms with Crippen LogP contribution in [0.5, 0.6) is 0 Å². The topological polar surface area (TPSA) is 44.1 Å². The van der Waals surface area contributed by atoms with Gasteiger partial charge in [-0.25, -0.2) is 4.98 Å². The first-order chi connectivity index (χ1) is 6.27. The van der Waals surface area contributed by atoms with E-state index in [4.69, 9.17) is 4.74 Å². The molecule has 0 N–H and O–H groups in total. The van der Waals surface area contributed by atoms with Crippen LogP contribution in [0.3, 0.4) is 0 Å². The number of aromatic nitrogens is 2. The first-order valence-electron chi connectivity index (χ1n) is 4.08. The molecule has 1 atom stereocenters. The van der Waals surface area contributed by atoms with Crippen molar-refractivity contribution in [3.8, 4) is 0 Å². The Morgan fingerprint density at radius 1 is 1.69 bits per heavy atom. The SMILES string of the molecule is Cn1cncc1C1CC(=O)C=CO1. The number of hydrogen-bond donors (Lipinski definition) is 0. The highest BCUT2D eigenvalue weighted by atomic mass is 16.5. The van der Waals surface area contributed by atoms with Gasteiger partial charge in [-0.05, 0) is 0 Å². The van der Waals surface area contributed by atoms with Crippen LogP contribution in [-0.4, -0.2) is 15.3 Å². The standard InChI is InChI=1S/C9H10N2O2/c1-11-6-10-5-8(11)9-4-7(12)2-3-13-9/h2-3,5-6,9H,4H2,1H3. The highest BCUT2D eigenvalue weighted by Gasteiger charge is 2.20. The molecule has 0 saturated heterocycles. The molecule has 0 saturated carbocycles. The zero-order valence-electron chi connectivity index (χ0n) is 7.30. The molecule has 1 unspecified atom stereocenters. The number of aryl methyl sites for hydroxylation is 1. The van der Waals surface area contributed by atoms with E-state index in [1.54, 1.807) is 12.5 Å². The largest absolute Gasteiger partial charge is 0.491 e. The second kappa shape index (κ2) is 3.05. The molecule has 0 aliphatic carbocycles. The molecule has 0 bridgehead atoms. The Morgan fingerprint density at radius 3 is 3.15 bits per heavy atom. The summed E-state index contributed by atoms with van der Waals surface area (Å²) in [7, 11) is 1.88. The first kappa shape index (κ1) is 8.04. The molecule has 68 valence electrons. The average molecular weight is 178 g/mol. The fourth-order valence-corrected chi connectivity index (χ4v) is 1.36. The maximum absolute atomic E-state index is 11.1. The molecule has 1 aromatic heterocycles. The van der Waals surface area contributed by atoms with Crippen molar-refractivity contribution in [3.63, 3.8) is 0 Å². The number of imidazole rings is 1. The van der Waals surface area contributed by atoms with Gasteiger partial charge in [-0.2, -0.15) is 0 Å². The molecule has 1 aliphatic heterocycles. The number of rotatable bonds is 1. The summed E-state index contributed by atoms with van der Waals surface area (Å²) < 4.78 is 7.17. The molecular weight excluding hydrogens is 168 g/mol. The van der Waals surface area contributed by atoms with Gasteiger partial charge in [0, 0.05) is 13.1 Å². The van der Waals surface area contributed by atoms with E-state index in [0.717, 1.165) is 5.69 Å². The van der Waals surface area contributed by atoms with E-state index in [1.165, 1.54) is 12.3 Å². The van der Waals surface area contributed by atoms with Gasteiger partial charge in [-0.3, -0.25) is 4.79 Å². The Morgan fingerprint density at radius 2 is 2.54 bits per heavy atom. The summed E-state index contributed by atoms with van der Waals surface area (Å²) in [5.74, 6) is 0.0949.